The molecule has 4 nitrogen and oxygen atoms in total. The number of rotatable bonds is 3. The van der Waals surface area contributed by atoms with Gasteiger partial charge in [-0.25, -0.2) is 5.84 Å². The lowest BCUT2D eigenvalue weighted by Gasteiger charge is -2.45. The lowest BCUT2D eigenvalue weighted by atomic mass is 9.86. The maximum absolute atomic E-state index is 11.9. The number of piperidine rings is 1. The zero-order valence-corrected chi connectivity index (χ0v) is 10.9. The molecule has 1 rings (SSSR count). The van der Waals surface area contributed by atoms with Crippen molar-refractivity contribution in [1.29, 1.82) is 0 Å². The van der Waals surface area contributed by atoms with E-state index in [0.29, 0.717) is 11.8 Å². The Morgan fingerprint density at radius 2 is 1.94 bits per heavy atom. The molecule has 16 heavy (non-hydrogen) atoms. The third kappa shape index (κ3) is 2.55. The number of amides is 1. The van der Waals surface area contributed by atoms with Gasteiger partial charge in [-0.2, -0.15) is 0 Å². The molecule has 3 atom stereocenters. The highest BCUT2D eigenvalue weighted by Crippen LogP contribution is 2.29. The number of hydrogen-bond donors (Lipinski definition) is 2. The van der Waals surface area contributed by atoms with E-state index in [-0.39, 0.29) is 5.91 Å². The Morgan fingerprint density at radius 3 is 2.31 bits per heavy atom. The summed E-state index contributed by atoms with van der Waals surface area (Å²) >= 11 is 0. The highest BCUT2D eigenvalue weighted by atomic mass is 16.2. The van der Waals surface area contributed by atoms with Gasteiger partial charge >= 0.3 is 0 Å². The zero-order chi connectivity index (χ0) is 12.3. The SMILES string of the molecule is CCC(C)(C(=O)NN)N1CC(C)CC(C)C1. The molecule has 0 spiro atoms. The molecule has 1 amide bonds. The lowest BCUT2D eigenvalue weighted by Crippen LogP contribution is -2.61. The molecule has 0 aromatic heterocycles. The fraction of sp³-hybridized carbons (Fsp3) is 0.917. The van der Waals surface area contributed by atoms with Crippen molar-refractivity contribution in [3.63, 3.8) is 0 Å². The van der Waals surface area contributed by atoms with E-state index in [1.54, 1.807) is 0 Å². The molecule has 4 heteroatoms. The van der Waals surface area contributed by atoms with Crippen LogP contribution in [0.4, 0.5) is 0 Å². The van der Waals surface area contributed by atoms with Crippen molar-refractivity contribution < 1.29 is 4.79 Å². The molecule has 0 radical (unpaired) electrons. The fourth-order valence-corrected chi connectivity index (χ4v) is 2.75. The Balaban J connectivity index is 2.83. The largest absolute Gasteiger partial charge is 0.293 e. The smallest absolute Gasteiger partial charge is 0.254 e. The predicted octanol–water partition coefficient (Wildman–Crippen LogP) is 1.12. The Hall–Kier alpha value is -0.610. The van der Waals surface area contributed by atoms with Crippen molar-refractivity contribution in [2.24, 2.45) is 17.7 Å². The number of hydrogen-bond acceptors (Lipinski definition) is 3. The maximum atomic E-state index is 11.9. The van der Waals surface area contributed by atoms with Crippen molar-refractivity contribution in [3.8, 4) is 0 Å². The van der Waals surface area contributed by atoms with Crippen LogP contribution in [0.2, 0.25) is 0 Å². The van der Waals surface area contributed by atoms with Gasteiger partial charge in [-0.05, 0) is 31.6 Å². The third-order valence-corrected chi connectivity index (χ3v) is 3.88. The van der Waals surface area contributed by atoms with Gasteiger partial charge in [0.1, 0.15) is 0 Å². The monoisotopic (exact) mass is 227 g/mol. The molecule has 0 aliphatic carbocycles. The van der Waals surface area contributed by atoms with Gasteiger partial charge in [0.25, 0.3) is 5.91 Å². The first-order valence-corrected chi connectivity index (χ1v) is 6.20. The zero-order valence-electron chi connectivity index (χ0n) is 10.9. The van der Waals surface area contributed by atoms with Crippen LogP contribution in [0.5, 0.6) is 0 Å². The van der Waals surface area contributed by atoms with Crippen molar-refractivity contribution in [1.82, 2.24) is 10.3 Å². The Labute approximate surface area is 98.5 Å². The molecule has 1 saturated heterocycles. The molecular weight excluding hydrogens is 202 g/mol. The van der Waals surface area contributed by atoms with Gasteiger partial charge in [0.05, 0.1) is 5.54 Å². The van der Waals surface area contributed by atoms with Crippen LogP contribution < -0.4 is 11.3 Å². The third-order valence-electron chi connectivity index (χ3n) is 3.88. The van der Waals surface area contributed by atoms with Crippen LogP contribution in [-0.2, 0) is 4.79 Å². The van der Waals surface area contributed by atoms with E-state index in [1.807, 2.05) is 13.8 Å². The molecule has 0 aromatic rings. The molecule has 0 saturated carbocycles. The van der Waals surface area contributed by atoms with Gasteiger partial charge in [-0.3, -0.25) is 15.1 Å². The summed E-state index contributed by atoms with van der Waals surface area (Å²) in [7, 11) is 0. The summed E-state index contributed by atoms with van der Waals surface area (Å²) in [5.41, 5.74) is 1.84. The number of likely N-dealkylation sites (tertiary alicyclic amines) is 1. The number of hydrazine groups is 1. The highest BCUT2D eigenvalue weighted by Gasteiger charge is 2.40. The van der Waals surface area contributed by atoms with E-state index in [1.165, 1.54) is 6.42 Å². The van der Waals surface area contributed by atoms with Crippen LogP contribution in [0.3, 0.4) is 0 Å². The Morgan fingerprint density at radius 1 is 1.44 bits per heavy atom. The first kappa shape index (κ1) is 13.5. The summed E-state index contributed by atoms with van der Waals surface area (Å²) in [6.07, 6.45) is 2.04. The van der Waals surface area contributed by atoms with E-state index >= 15 is 0 Å². The van der Waals surface area contributed by atoms with E-state index in [9.17, 15) is 4.79 Å². The predicted molar refractivity (Wildman–Crippen MR) is 65.5 cm³/mol. The van der Waals surface area contributed by atoms with Crippen LogP contribution in [0, 0.1) is 11.8 Å². The average Bonchev–Trinajstić information content (AvgIpc) is 2.25. The molecule has 94 valence electrons. The molecule has 3 unspecified atom stereocenters. The summed E-state index contributed by atoms with van der Waals surface area (Å²) in [5.74, 6) is 6.52. The van der Waals surface area contributed by atoms with Crippen LogP contribution in [0.25, 0.3) is 0 Å². The van der Waals surface area contributed by atoms with E-state index in [4.69, 9.17) is 5.84 Å². The van der Waals surface area contributed by atoms with Gasteiger partial charge in [-0.15, -0.1) is 0 Å². The minimum atomic E-state index is -0.461. The van der Waals surface area contributed by atoms with Gasteiger partial charge in [0.15, 0.2) is 0 Å². The van der Waals surface area contributed by atoms with Crippen molar-refractivity contribution >= 4 is 5.91 Å². The second-order valence-electron chi connectivity index (χ2n) is 5.45. The summed E-state index contributed by atoms with van der Waals surface area (Å²) in [4.78, 5) is 14.2. The molecule has 1 heterocycles. The van der Waals surface area contributed by atoms with Crippen LogP contribution >= 0.6 is 0 Å². The van der Waals surface area contributed by atoms with Gasteiger partial charge in [0.2, 0.25) is 0 Å². The van der Waals surface area contributed by atoms with Gasteiger partial charge < -0.3 is 0 Å². The van der Waals surface area contributed by atoms with Crippen LogP contribution in [0.1, 0.15) is 40.5 Å². The van der Waals surface area contributed by atoms with Crippen LogP contribution in [-0.4, -0.2) is 29.4 Å². The molecular formula is C12H25N3O. The minimum absolute atomic E-state index is 0.0729. The number of carbonyl (C=O) groups excluding carboxylic acids is 1. The van der Waals surface area contributed by atoms with Crippen LogP contribution in [0.15, 0.2) is 0 Å². The van der Waals surface area contributed by atoms with E-state index < -0.39 is 5.54 Å². The number of nitrogens with two attached hydrogens (primary N) is 1. The summed E-state index contributed by atoms with van der Waals surface area (Å²) in [6, 6.07) is 0. The Kier molecular flexibility index (Phi) is 4.33. The topological polar surface area (TPSA) is 58.4 Å². The van der Waals surface area contributed by atoms with Crippen molar-refractivity contribution in [2.75, 3.05) is 13.1 Å². The molecule has 0 bridgehead atoms. The maximum Gasteiger partial charge on any atom is 0.254 e. The lowest BCUT2D eigenvalue weighted by molar-refractivity contribution is -0.135. The molecule has 1 aliphatic heterocycles. The number of nitrogens with one attached hydrogen (secondary N) is 1. The summed E-state index contributed by atoms with van der Waals surface area (Å²) < 4.78 is 0. The van der Waals surface area contributed by atoms with Crippen molar-refractivity contribution in [3.05, 3.63) is 0 Å². The second-order valence-corrected chi connectivity index (χ2v) is 5.45. The molecule has 1 aliphatic rings. The quantitative estimate of drug-likeness (QED) is 0.431. The standard InChI is InChI=1S/C12H25N3O/c1-5-12(4,11(16)14-13)15-7-9(2)6-10(3)8-15/h9-10H,5-8,13H2,1-4H3,(H,14,16). The first-order chi connectivity index (χ1) is 7.43. The molecule has 0 aromatic carbocycles. The number of carbonyl (C=O) groups is 1. The first-order valence-electron chi connectivity index (χ1n) is 6.20. The van der Waals surface area contributed by atoms with Gasteiger partial charge in [0, 0.05) is 13.1 Å². The normalized spacial score (nSPS) is 30.8. The van der Waals surface area contributed by atoms with Crippen molar-refractivity contribution in [2.45, 2.75) is 46.1 Å². The van der Waals surface area contributed by atoms with E-state index in [2.05, 4.69) is 24.2 Å². The fourth-order valence-electron chi connectivity index (χ4n) is 2.75. The highest BCUT2D eigenvalue weighted by molar-refractivity contribution is 5.85. The summed E-state index contributed by atoms with van der Waals surface area (Å²) in [5, 5.41) is 0. The molecule has 3 N–H and O–H groups in total. The number of nitrogens with zero attached hydrogens (tertiary/aromatic N) is 1. The average molecular weight is 227 g/mol. The molecule has 1 fully saturated rings. The summed E-state index contributed by atoms with van der Waals surface area (Å²) in [6.45, 7) is 10.5. The minimum Gasteiger partial charge on any atom is -0.293 e. The van der Waals surface area contributed by atoms with Gasteiger partial charge in [-0.1, -0.05) is 20.8 Å². The second kappa shape index (κ2) is 5.15. The van der Waals surface area contributed by atoms with E-state index in [0.717, 1.165) is 19.5 Å². The Bertz CT molecular complexity index is 247.